The van der Waals surface area contributed by atoms with Gasteiger partial charge in [0.15, 0.2) is 15.6 Å². The molecule has 0 atom stereocenters. The van der Waals surface area contributed by atoms with E-state index in [-0.39, 0.29) is 16.3 Å². The van der Waals surface area contributed by atoms with Crippen molar-refractivity contribution in [2.75, 3.05) is 12.9 Å². The number of nitrogens with zero attached hydrogens (tertiary/aromatic N) is 2. The lowest BCUT2D eigenvalue weighted by atomic mass is 10.1. The second-order valence-corrected chi connectivity index (χ2v) is 9.43. The highest BCUT2D eigenvalue weighted by atomic mass is 32.2. The molecule has 8 heteroatoms. The van der Waals surface area contributed by atoms with Crippen LogP contribution in [0.2, 0.25) is 0 Å². The minimum absolute atomic E-state index is 0.0852. The van der Waals surface area contributed by atoms with E-state index in [9.17, 15) is 17.6 Å². The third-order valence-corrected chi connectivity index (χ3v) is 5.65. The van der Waals surface area contributed by atoms with E-state index < -0.39 is 21.2 Å². The van der Waals surface area contributed by atoms with E-state index in [0.717, 1.165) is 17.4 Å². The molecule has 0 aliphatic rings. The van der Waals surface area contributed by atoms with Crippen LogP contribution < -0.4 is 10.3 Å². The maximum absolute atomic E-state index is 13.6. The zero-order valence-electron chi connectivity index (χ0n) is 17.0. The van der Waals surface area contributed by atoms with Crippen LogP contribution in [0.1, 0.15) is 20.3 Å². The summed E-state index contributed by atoms with van der Waals surface area (Å²) in [5.41, 5.74) is 0.802. The Balaban J connectivity index is 2.10. The zero-order valence-corrected chi connectivity index (χ0v) is 17.8. The molecule has 3 rings (SSSR count). The lowest BCUT2D eigenvalue weighted by molar-refractivity contribution is 0.285. The van der Waals surface area contributed by atoms with Crippen LogP contribution in [0, 0.1) is 11.7 Å². The minimum atomic E-state index is -3.34. The first kappa shape index (κ1) is 21.7. The van der Waals surface area contributed by atoms with Crippen molar-refractivity contribution in [2.45, 2.75) is 25.2 Å². The van der Waals surface area contributed by atoms with E-state index in [1.807, 2.05) is 13.8 Å². The summed E-state index contributed by atoms with van der Waals surface area (Å²) < 4.78 is 44.0. The van der Waals surface area contributed by atoms with Gasteiger partial charge in [-0.2, -0.15) is 9.78 Å². The summed E-state index contributed by atoms with van der Waals surface area (Å²) in [5.74, 6) is -0.0132. The lowest BCUT2D eigenvalue weighted by Crippen LogP contribution is -2.24. The fourth-order valence-electron chi connectivity index (χ4n) is 2.85. The fraction of sp³-hybridized carbons (Fsp3) is 0.273. The Bertz CT molecular complexity index is 1200. The van der Waals surface area contributed by atoms with E-state index in [1.165, 1.54) is 36.5 Å². The van der Waals surface area contributed by atoms with Crippen LogP contribution in [0.4, 0.5) is 4.39 Å². The molecule has 30 heavy (non-hydrogen) atoms. The fourth-order valence-corrected chi connectivity index (χ4v) is 3.48. The first-order valence-electron chi connectivity index (χ1n) is 9.48. The van der Waals surface area contributed by atoms with Crippen molar-refractivity contribution in [3.05, 3.63) is 70.9 Å². The Morgan fingerprint density at radius 2 is 1.83 bits per heavy atom. The van der Waals surface area contributed by atoms with Gasteiger partial charge in [-0.15, -0.1) is 0 Å². The molecular formula is C22H23FN2O4S. The molecule has 0 N–H and O–H groups in total. The van der Waals surface area contributed by atoms with E-state index in [1.54, 1.807) is 18.2 Å². The summed E-state index contributed by atoms with van der Waals surface area (Å²) in [5, 5.41) is 4.18. The Hall–Kier alpha value is -3.00. The van der Waals surface area contributed by atoms with E-state index in [0.29, 0.717) is 23.7 Å². The number of hydrogen-bond acceptors (Lipinski definition) is 5. The average Bonchev–Trinajstić information content (AvgIpc) is 2.68. The molecule has 0 aliphatic carbocycles. The highest BCUT2D eigenvalue weighted by molar-refractivity contribution is 7.90. The molecule has 158 valence electrons. The number of rotatable bonds is 7. The summed E-state index contributed by atoms with van der Waals surface area (Å²) in [6, 6.07) is 11.7. The van der Waals surface area contributed by atoms with Crippen molar-refractivity contribution in [2.24, 2.45) is 5.92 Å². The topological polar surface area (TPSA) is 78.3 Å². The van der Waals surface area contributed by atoms with E-state index in [2.05, 4.69) is 5.10 Å². The quantitative estimate of drug-likeness (QED) is 0.569. The van der Waals surface area contributed by atoms with Gasteiger partial charge in [0.2, 0.25) is 0 Å². The summed E-state index contributed by atoms with van der Waals surface area (Å²) >= 11 is 0. The molecule has 0 saturated heterocycles. The molecular weight excluding hydrogens is 407 g/mol. The molecule has 0 radical (unpaired) electrons. The van der Waals surface area contributed by atoms with Gasteiger partial charge >= 0.3 is 5.56 Å². The Labute approximate surface area is 174 Å². The standard InChI is InChI=1S/C22H23FN2O4S/c1-15(2)11-12-29-21-20(16-7-9-19(10-8-16)30(3,27)28)14-24-25(22(21)26)18-6-4-5-17(23)13-18/h4-10,13-15H,11-12H2,1-3H3. The number of benzene rings is 2. The van der Waals surface area contributed by atoms with Gasteiger partial charge in [0.1, 0.15) is 5.82 Å². The van der Waals surface area contributed by atoms with Crippen molar-refractivity contribution in [1.82, 2.24) is 9.78 Å². The van der Waals surface area contributed by atoms with Crippen LogP contribution >= 0.6 is 0 Å². The van der Waals surface area contributed by atoms with Gasteiger partial charge < -0.3 is 4.74 Å². The van der Waals surface area contributed by atoms with E-state index in [4.69, 9.17) is 4.74 Å². The highest BCUT2D eigenvalue weighted by Gasteiger charge is 2.17. The minimum Gasteiger partial charge on any atom is -0.487 e. The molecule has 1 heterocycles. The predicted molar refractivity (Wildman–Crippen MR) is 113 cm³/mol. The number of halogens is 1. The monoisotopic (exact) mass is 430 g/mol. The van der Waals surface area contributed by atoms with Gasteiger partial charge in [0, 0.05) is 11.8 Å². The molecule has 2 aromatic carbocycles. The average molecular weight is 431 g/mol. The smallest absolute Gasteiger partial charge is 0.314 e. The van der Waals surface area contributed by atoms with Crippen LogP contribution in [0.3, 0.4) is 0 Å². The molecule has 6 nitrogen and oxygen atoms in total. The highest BCUT2D eigenvalue weighted by Crippen LogP contribution is 2.28. The summed E-state index contributed by atoms with van der Waals surface area (Å²) in [7, 11) is -3.34. The maximum atomic E-state index is 13.6. The van der Waals surface area contributed by atoms with Gasteiger partial charge in [-0.3, -0.25) is 4.79 Å². The molecule has 1 aromatic heterocycles. The third kappa shape index (κ3) is 4.94. The molecule has 0 aliphatic heterocycles. The first-order valence-corrected chi connectivity index (χ1v) is 11.4. The number of ether oxygens (including phenoxy) is 1. The van der Waals surface area contributed by atoms with Crippen molar-refractivity contribution in [3.63, 3.8) is 0 Å². The number of sulfone groups is 1. The van der Waals surface area contributed by atoms with Crippen LogP contribution in [0.15, 0.2) is 64.4 Å². The zero-order chi connectivity index (χ0) is 21.9. The molecule has 0 unspecified atom stereocenters. The molecule has 0 bridgehead atoms. The van der Waals surface area contributed by atoms with Gasteiger partial charge in [-0.25, -0.2) is 12.8 Å². The molecule has 0 fully saturated rings. The van der Waals surface area contributed by atoms with Crippen LogP contribution in [-0.4, -0.2) is 31.1 Å². The van der Waals surface area contributed by atoms with Crippen molar-refractivity contribution >= 4 is 9.84 Å². The Kier molecular flexibility index (Phi) is 6.36. The Morgan fingerprint density at radius 1 is 1.13 bits per heavy atom. The largest absolute Gasteiger partial charge is 0.487 e. The first-order chi connectivity index (χ1) is 14.2. The summed E-state index contributed by atoms with van der Waals surface area (Å²) in [6.07, 6.45) is 3.34. The van der Waals surface area contributed by atoms with Crippen molar-refractivity contribution < 1.29 is 17.5 Å². The van der Waals surface area contributed by atoms with E-state index >= 15 is 0 Å². The summed E-state index contributed by atoms with van der Waals surface area (Å²) in [6.45, 7) is 4.42. The van der Waals surface area contributed by atoms with Crippen LogP contribution in [0.25, 0.3) is 16.8 Å². The van der Waals surface area contributed by atoms with Crippen LogP contribution in [-0.2, 0) is 9.84 Å². The van der Waals surface area contributed by atoms with Gasteiger partial charge in [0.05, 0.1) is 23.4 Å². The predicted octanol–water partition coefficient (Wildman–Crippen LogP) is 3.87. The van der Waals surface area contributed by atoms with Crippen molar-refractivity contribution in [1.29, 1.82) is 0 Å². The normalized spacial score (nSPS) is 11.6. The maximum Gasteiger partial charge on any atom is 0.314 e. The third-order valence-electron chi connectivity index (χ3n) is 4.52. The van der Waals surface area contributed by atoms with Gasteiger partial charge in [-0.1, -0.05) is 32.0 Å². The lowest BCUT2D eigenvalue weighted by Gasteiger charge is -2.14. The van der Waals surface area contributed by atoms with Crippen molar-refractivity contribution in [3.8, 4) is 22.6 Å². The molecule has 3 aromatic rings. The number of hydrogen-bond donors (Lipinski definition) is 0. The van der Waals surface area contributed by atoms with Crippen LogP contribution in [0.5, 0.6) is 5.75 Å². The number of aromatic nitrogens is 2. The second kappa shape index (κ2) is 8.79. The van der Waals surface area contributed by atoms with Gasteiger partial charge in [-0.05, 0) is 48.2 Å². The molecule has 0 saturated carbocycles. The van der Waals surface area contributed by atoms with Gasteiger partial charge in [0.25, 0.3) is 0 Å². The SMILES string of the molecule is CC(C)CCOc1c(-c2ccc(S(C)(=O)=O)cc2)cnn(-c2cccc(F)c2)c1=O. The summed E-state index contributed by atoms with van der Waals surface area (Å²) in [4.78, 5) is 13.3. The second-order valence-electron chi connectivity index (χ2n) is 7.41. The Morgan fingerprint density at radius 3 is 2.43 bits per heavy atom. The molecule has 0 spiro atoms. The molecule has 0 amide bonds.